The van der Waals surface area contributed by atoms with E-state index in [1.54, 1.807) is 13.8 Å². The van der Waals surface area contributed by atoms with E-state index in [1.807, 2.05) is 6.92 Å². The van der Waals surface area contributed by atoms with Crippen molar-refractivity contribution in [1.82, 2.24) is 5.32 Å². The standard InChI is InChI=1S/C11H21NO4/c1-5-11(3,4)10(15)16-7-9(14)6-12-8(2)13/h9,14H,5-7H2,1-4H3,(H,12,13). The molecular weight excluding hydrogens is 210 g/mol. The minimum absolute atomic E-state index is 0.0924. The van der Waals surface area contributed by atoms with E-state index >= 15 is 0 Å². The molecule has 0 fully saturated rings. The number of rotatable bonds is 6. The Kier molecular flexibility index (Phi) is 6.03. The molecule has 94 valence electrons. The maximum absolute atomic E-state index is 11.5. The van der Waals surface area contributed by atoms with Crippen molar-refractivity contribution in [3.05, 3.63) is 0 Å². The summed E-state index contributed by atoms with van der Waals surface area (Å²) in [7, 11) is 0. The second kappa shape index (κ2) is 6.48. The molecule has 0 aromatic rings. The molecule has 0 heterocycles. The Morgan fingerprint density at radius 1 is 1.44 bits per heavy atom. The molecule has 0 aliphatic carbocycles. The van der Waals surface area contributed by atoms with E-state index in [0.29, 0.717) is 6.42 Å². The molecule has 0 spiro atoms. The van der Waals surface area contributed by atoms with Crippen molar-refractivity contribution in [2.24, 2.45) is 5.41 Å². The monoisotopic (exact) mass is 231 g/mol. The first-order valence-electron chi connectivity index (χ1n) is 5.39. The summed E-state index contributed by atoms with van der Waals surface area (Å²) in [5.74, 6) is -0.559. The normalized spacial score (nSPS) is 13.1. The average Bonchev–Trinajstić information content (AvgIpc) is 2.22. The first-order valence-corrected chi connectivity index (χ1v) is 5.39. The highest BCUT2D eigenvalue weighted by molar-refractivity contribution is 5.75. The summed E-state index contributed by atoms with van der Waals surface area (Å²) in [5, 5.41) is 11.8. The van der Waals surface area contributed by atoms with Crippen LogP contribution in [0.1, 0.15) is 34.1 Å². The number of ether oxygens (including phenoxy) is 1. The molecular formula is C11H21NO4. The molecule has 1 atom stereocenters. The maximum atomic E-state index is 11.5. The topological polar surface area (TPSA) is 75.6 Å². The zero-order valence-corrected chi connectivity index (χ0v) is 10.4. The van der Waals surface area contributed by atoms with Gasteiger partial charge >= 0.3 is 5.97 Å². The second-order valence-corrected chi connectivity index (χ2v) is 4.43. The van der Waals surface area contributed by atoms with Gasteiger partial charge in [-0.3, -0.25) is 9.59 Å². The van der Waals surface area contributed by atoms with Crippen LogP contribution in [0.5, 0.6) is 0 Å². The number of amides is 1. The SMILES string of the molecule is CCC(C)(C)C(=O)OCC(O)CNC(C)=O. The molecule has 0 bridgehead atoms. The number of carbonyl (C=O) groups is 2. The zero-order chi connectivity index (χ0) is 12.8. The van der Waals surface area contributed by atoms with Gasteiger partial charge < -0.3 is 15.2 Å². The van der Waals surface area contributed by atoms with Crippen molar-refractivity contribution in [2.75, 3.05) is 13.2 Å². The quantitative estimate of drug-likeness (QED) is 0.651. The fourth-order valence-corrected chi connectivity index (χ4v) is 0.832. The number of carbonyl (C=O) groups excluding carboxylic acids is 2. The lowest BCUT2D eigenvalue weighted by Gasteiger charge is -2.21. The lowest BCUT2D eigenvalue weighted by Crippen LogP contribution is -2.35. The summed E-state index contributed by atoms with van der Waals surface area (Å²) in [6, 6.07) is 0. The molecule has 5 heteroatoms. The summed E-state index contributed by atoms with van der Waals surface area (Å²) in [5.41, 5.74) is -0.534. The Balaban J connectivity index is 3.88. The highest BCUT2D eigenvalue weighted by atomic mass is 16.5. The lowest BCUT2D eigenvalue weighted by molar-refractivity contribution is -0.157. The summed E-state index contributed by atoms with van der Waals surface area (Å²) >= 11 is 0. The molecule has 2 N–H and O–H groups in total. The van der Waals surface area contributed by atoms with Gasteiger partial charge in [-0.15, -0.1) is 0 Å². The molecule has 0 aliphatic heterocycles. The zero-order valence-electron chi connectivity index (χ0n) is 10.4. The predicted octanol–water partition coefficient (Wildman–Crippen LogP) is 0.463. The van der Waals surface area contributed by atoms with Crippen LogP contribution in [0.3, 0.4) is 0 Å². The Morgan fingerprint density at radius 3 is 2.44 bits per heavy atom. The van der Waals surface area contributed by atoms with E-state index < -0.39 is 11.5 Å². The highest BCUT2D eigenvalue weighted by Gasteiger charge is 2.27. The van der Waals surface area contributed by atoms with Gasteiger partial charge in [0.25, 0.3) is 0 Å². The van der Waals surface area contributed by atoms with Crippen LogP contribution in [0.4, 0.5) is 0 Å². The summed E-state index contributed by atoms with van der Waals surface area (Å²) in [6.07, 6.45) is -0.186. The molecule has 0 aliphatic rings. The van der Waals surface area contributed by atoms with Gasteiger partial charge in [0.1, 0.15) is 12.7 Å². The minimum atomic E-state index is -0.861. The summed E-state index contributed by atoms with van der Waals surface area (Å²) in [4.78, 5) is 22.1. The molecule has 0 saturated heterocycles. The molecule has 0 aromatic carbocycles. The van der Waals surface area contributed by atoms with Crippen LogP contribution >= 0.6 is 0 Å². The van der Waals surface area contributed by atoms with Crippen molar-refractivity contribution in [3.63, 3.8) is 0 Å². The first-order chi connectivity index (χ1) is 7.29. The van der Waals surface area contributed by atoms with E-state index in [-0.39, 0.29) is 25.0 Å². The largest absolute Gasteiger partial charge is 0.462 e. The van der Waals surface area contributed by atoms with Gasteiger partial charge in [-0.05, 0) is 20.3 Å². The van der Waals surface area contributed by atoms with Crippen LogP contribution in [-0.4, -0.2) is 36.2 Å². The van der Waals surface area contributed by atoms with Crippen LogP contribution in [0.2, 0.25) is 0 Å². The van der Waals surface area contributed by atoms with Gasteiger partial charge in [-0.1, -0.05) is 6.92 Å². The van der Waals surface area contributed by atoms with Crippen molar-refractivity contribution in [2.45, 2.75) is 40.2 Å². The van der Waals surface area contributed by atoms with Gasteiger partial charge in [-0.2, -0.15) is 0 Å². The average molecular weight is 231 g/mol. The van der Waals surface area contributed by atoms with E-state index in [0.717, 1.165) is 0 Å². The fourth-order valence-electron chi connectivity index (χ4n) is 0.832. The summed E-state index contributed by atoms with van der Waals surface area (Å²) in [6.45, 7) is 6.83. The number of hydrogen-bond acceptors (Lipinski definition) is 4. The van der Waals surface area contributed by atoms with Crippen molar-refractivity contribution >= 4 is 11.9 Å². The highest BCUT2D eigenvalue weighted by Crippen LogP contribution is 2.21. The van der Waals surface area contributed by atoms with Crippen LogP contribution in [0.15, 0.2) is 0 Å². The number of aliphatic hydroxyl groups excluding tert-OH is 1. The van der Waals surface area contributed by atoms with Crippen LogP contribution in [-0.2, 0) is 14.3 Å². The Hall–Kier alpha value is -1.10. The van der Waals surface area contributed by atoms with Crippen molar-refractivity contribution < 1.29 is 19.4 Å². The van der Waals surface area contributed by atoms with Gasteiger partial charge in [0.2, 0.25) is 5.91 Å². The van der Waals surface area contributed by atoms with E-state index in [2.05, 4.69) is 5.32 Å². The molecule has 0 rings (SSSR count). The first kappa shape index (κ1) is 14.9. The summed E-state index contributed by atoms with van der Waals surface area (Å²) < 4.78 is 4.95. The second-order valence-electron chi connectivity index (χ2n) is 4.43. The van der Waals surface area contributed by atoms with E-state index in [1.165, 1.54) is 6.92 Å². The number of aliphatic hydroxyl groups is 1. The third-order valence-corrected chi connectivity index (χ3v) is 2.43. The number of nitrogens with one attached hydrogen (secondary N) is 1. The van der Waals surface area contributed by atoms with Crippen molar-refractivity contribution in [3.8, 4) is 0 Å². The van der Waals surface area contributed by atoms with Gasteiger partial charge in [0.15, 0.2) is 0 Å². The van der Waals surface area contributed by atoms with Gasteiger partial charge in [0.05, 0.1) is 5.41 Å². The van der Waals surface area contributed by atoms with E-state index in [9.17, 15) is 14.7 Å². The lowest BCUT2D eigenvalue weighted by atomic mass is 9.91. The minimum Gasteiger partial charge on any atom is -0.462 e. The molecule has 5 nitrogen and oxygen atoms in total. The Morgan fingerprint density at radius 2 is 2.00 bits per heavy atom. The molecule has 0 radical (unpaired) electrons. The molecule has 0 saturated carbocycles. The van der Waals surface area contributed by atoms with E-state index in [4.69, 9.17) is 4.74 Å². The predicted molar refractivity (Wildman–Crippen MR) is 59.7 cm³/mol. The van der Waals surface area contributed by atoms with Crippen LogP contribution < -0.4 is 5.32 Å². The molecule has 16 heavy (non-hydrogen) atoms. The number of hydrogen-bond donors (Lipinski definition) is 2. The Bertz CT molecular complexity index is 250. The van der Waals surface area contributed by atoms with Gasteiger partial charge in [-0.25, -0.2) is 0 Å². The Labute approximate surface area is 96.2 Å². The smallest absolute Gasteiger partial charge is 0.311 e. The van der Waals surface area contributed by atoms with Gasteiger partial charge in [0, 0.05) is 13.5 Å². The van der Waals surface area contributed by atoms with Crippen LogP contribution in [0, 0.1) is 5.41 Å². The third-order valence-electron chi connectivity index (χ3n) is 2.43. The third kappa shape index (κ3) is 5.70. The number of esters is 1. The van der Waals surface area contributed by atoms with Crippen molar-refractivity contribution in [1.29, 1.82) is 0 Å². The maximum Gasteiger partial charge on any atom is 0.311 e. The molecule has 0 aromatic heterocycles. The molecule has 1 unspecified atom stereocenters. The molecule has 1 amide bonds. The van der Waals surface area contributed by atoms with Crippen LogP contribution in [0.25, 0.3) is 0 Å². The fraction of sp³-hybridized carbons (Fsp3) is 0.818.